The van der Waals surface area contributed by atoms with Crippen molar-refractivity contribution in [1.82, 2.24) is 15.7 Å². The zero-order valence-electron chi connectivity index (χ0n) is 15.4. The van der Waals surface area contributed by atoms with Gasteiger partial charge < -0.3 is 15.1 Å². The molecule has 6 saturated carbocycles. The summed E-state index contributed by atoms with van der Waals surface area (Å²) in [5.74, 6) is 3.34. The fraction of sp³-hybridized carbons (Fsp3) is 0.550. The summed E-state index contributed by atoms with van der Waals surface area (Å²) >= 11 is 0. The van der Waals surface area contributed by atoms with E-state index in [1.807, 2.05) is 12.1 Å². The highest BCUT2D eigenvalue weighted by Gasteiger charge is 3.13. The molecule has 6 aliphatic carbocycles. The number of carbonyl (C=O) groups is 1. The number of fused-ring (bicyclic) bond motifs is 1. The molecule has 0 unspecified atom stereocenters. The quantitative estimate of drug-likeness (QED) is 0.742. The summed E-state index contributed by atoms with van der Waals surface area (Å²) in [6.45, 7) is 4.25. The first-order valence-corrected chi connectivity index (χ1v) is 10.1. The Morgan fingerprint density at radius 2 is 1.93 bits per heavy atom. The normalized spacial score (nSPS) is 46.5. The molecular formula is C20H19N5O3. The number of hydrogen-bond donors (Lipinski definition) is 3. The third kappa shape index (κ3) is 0.998. The van der Waals surface area contributed by atoms with E-state index in [1.165, 1.54) is 0 Å². The van der Waals surface area contributed by atoms with E-state index in [-0.39, 0.29) is 10.8 Å². The van der Waals surface area contributed by atoms with Gasteiger partial charge in [-0.25, -0.2) is 0 Å². The minimum Gasteiger partial charge on any atom is -0.481 e. The third-order valence-electron chi connectivity index (χ3n) is 9.14. The molecule has 6 fully saturated rings. The Balaban J connectivity index is 1.12. The van der Waals surface area contributed by atoms with Crippen LogP contribution in [0, 0.1) is 40.9 Å². The highest BCUT2D eigenvalue weighted by Crippen LogP contribution is 3.09. The van der Waals surface area contributed by atoms with Crippen molar-refractivity contribution in [1.29, 1.82) is 0 Å². The van der Waals surface area contributed by atoms with E-state index in [9.17, 15) is 9.90 Å². The van der Waals surface area contributed by atoms with Gasteiger partial charge in [0.25, 0.3) is 0 Å². The van der Waals surface area contributed by atoms with Gasteiger partial charge in [0.05, 0.1) is 22.2 Å². The van der Waals surface area contributed by atoms with Crippen LogP contribution < -0.4 is 16.0 Å². The van der Waals surface area contributed by atoms with Gasteiger partial charge in [0, 0.05) is 11.6 Å². The van der Waals surface area contributed by atoms with Crippen molar-refractivity contribution in [2.75, 3.05) is 10.4 Å². The summed E-state index contributed by atoms with van der Waals surface area (Å²) in [6, 6.07) is 6.46. The third-order valence-corrected chi connectivity index (χ3v) is 9.14. The van der Waals surface area contributed by atoms with Crippen LogP contribution in [-0.2, 0) is 10.2 Å². The number of hydrazine groups is 2. The van der Waals surface area contributed by atoms with Crippen molar-refractivity contribution in [3.05, 3.63) is 24.1 Å². The van der Waals surface area contributed by atoms with Crippen LogP contribution in [0.2, 0.25) is 0 Å². The van der Waals surface area contributed by atoms with Crippen molar-refractivity contribution in [3.8, 4) is 11.4 Å². The molecule has 7 aliphatic rings. The van der Waals surface area contributed by atoms with Crippen molar-refractivity contribution in [3.63, 3.8) is 0 Å². The second kappa shape index (κ2) is 3.78. The molecule has 8 nitrogen and oxygen atoms in total. The Bertz CT molecular complexity index is 1070. The molecule has 1 aliphatic heterocycles. The number of carboxylic acid groups (broad SMARTS) is 1. The summed E-state index contributed by atoms with van der Waals surface area (Å²) in [4.78, 5) is 16.5. The van der Waals surface area contributed by atoms with Gasteiger partial charge in [0.2, 0.25) is 11.7 Å². The first-order chi connectivity index (χ1) is 13.5. The van der Waals surface area contributed by atoms with E-state index in [2.05, 4.69) is 41.0 Å². The maximum Gasteiger partial charge on any atom is 0.310 e. The van der Waals surface area contributed by atoms with E-state index in [0.29, 0.717) is 47.4 Å². The Kier molecular flexibility index (Phi) is 1.95. The standard InChI is InChI=1S/C20H19N5O3/c1-6(2)25-9-4-3-7(5-8(9)22-24-25)16-21-17(28-23-16)19-10-13-11(19)15-12(19)14(10)20(13,15)18(26)27/h3-6,10-15,22,24H,1-2H3,(H,26,27). The molecule has 0 radical (unpaired) electrons. The molecule has 1 aromatic carbocycles. The number of rotatable bonds is 4. The molecule has 0 bridgehead atoms. The molecule has 2 aromatic rings. The number of anilines is 2. The Labute approximate surface area is 160 Å². The molecular weight excluding hydrogens is 358 g/mol. The van der Waals surface area contributed by atoms with Gasteiger partial charge >= 0.3 is 5.97 Å². The molecule has 0 amide bonds. The SMILES string of the molecule is CC(C)N1NNc2cc(-c3noc(C45C6C7C4C4C5C6C74C(=O)O)n3)ccc21. The second-order valence-electron chi connectivity index (χ2n) is 9.68. The van der Waals surface area contributed by atoms with Gasteiger partial charge in [0.15, 0.2) is 0 Å². The number of carboxylic acids is 1. The minimum absolute atomic E-state index is 0.0213. The summed E-state index contributed by atoms with van der Waals surface area (Å²) in [5, 5.41) is 16.0. The van der Waals surface area contributed by atoms with Crippen LogP contribution in [0.4, 0.5) is 11.4 Å². The first-order valence-electron chi connectivity index (χ1n) is 10.1. The van der Waals surface area contributed by atoms with Crippen LogP contribution in [0.1, 0.15) is 19.7 Å². The van der Waals surface area contributed by atoms with Gasteiger partial charge in [-0.1, -0.05) is 5.16 Å². The molecule has 0 spiro atoms. The van der Waals surface area contributed by atoms with Crippen LogP contribution in [0.15, 0.2) is 22.7 Å². The van der Waals surface area contributed by atoms with Crippen molar-refractivity contribution >= 4 is 17.3 Å². The number of benzene rings is 1. The summed E-state index contributed by atoms with van der Waals surface area (Å²) in [6.07, 6.45) is 0. The van der Waals surface area contributed by atoms with Crippen molar-refractivity contribution < 1.29 is 14.4 Å². The largest absolute Gasteiger partial charge is 0.481 e. The van der Waals surface area contributed by atoms with Crippen LogP contribution in [0.5, 0.6) is 0 Å². The summed E-state index contributed by atoms with van der Waals surface area (Å²) in [5.41, 5.74) is 9.05. The van der Waals surface area contributed by atoms with E-state index in [1.54, 1.807) is 0 Å². The first kappa shape index (κ1) is 14.4. The zero-order chi connectivity index (χ0) is 18.7. The number of aliphatic carboxylic acids is 1. The highest BCUT2D eigenvalue weighted by molar-refractivity contribution is 5.88. The molecule has 0 saturated heterocycles. The Hall–Kier alpha value is -2.61. The van der Waals surface area contributed by atoms with Crippen LogP contribution in [-0.4, -0.2) is 27.3 Å². The van der Waals surface area contributed by atoms with E-state index in [4.69, 9.17) is 9.51 Å². The number of hydrogen-bond acceptors (Lipinski definition) is 7. The topological polar surface area (TPSA) is 104 Å². The van der Waals surface area contributed by atoms with E-state index in [0.717, 1.165) is 22.8 Å². The average Bonchev–Trinajstić information content (AvgIpc) is 3.34. The van der Waals surface area contributed by atoms with Crippen LogP contribution in [0.25, 0.3) is 11.4 Å². The lowest BCUT2D eigenvalue weighted by Crippen LogP contribution is -3.12. The molecule has 142 valence electrons. The Morgan fingerprint density at radius 1 is 1.21 bits per heavy atom. The van der Waals surface area contributed by atoms with Crippen molar-refractivity contribution in [2.24, 2.45) is 40.9 Å². The van der Waals surface area contributed by atoms with Gasteiger partial charge in [-0.3, -0.25) is 9.80 Å². The zero-order valence-corrected chi connectivity index (χ0v) is 15.4. The fourth-order valence-electron chi connectivity index (χ4n) is 8.47. The predicted octanol–water partition coefficient (Wildman–Crippen LogP) is 1.87. The maximum atomic E-state index is 11.7. The molecule has 1 aromatic heterocycles. The maximum absolute atomic E-state index is 11.7. The number of aromatic nitrogens is 2. The van der Waals surface area contributed by atoms with Gasteiger partial charge in [-0.05, 0) is 67.6 Å². The lowest BCUT2D eigenvalue weighted by molar-refractivity contribution is -0.616. The minimum atomic E-state index is -0.564. The van der Waals surface area contributed by atoms with Gasteiger partial charge in [-0.15, -0.1) is 5.53 Å². The molecule has 28 heavy (non-hydrogen) atoms. The lowest BCUT2D eigenvalue weighted by Gasteiger charge is -3.09. The second-order valence-corrected chi connectivity index (χ2v) is 9.68. The molecule has 3 N–H and O–H groups in total. The van der Waals surface area contributed by atoms with Crippen LogP contribution in [0.3, 0.4) is 0 Å². The fourth-order valence-corrected chi connectivity index (χ4v) is 8.47. The van der Waals surface area contributed by atoms with Crippen molar-refractivity contribution in [2.45, 2.75) is 25.3 Å². The lowest BCUT2D eigenvalue weighted by atomic mass is 8.92. The molecule has 9 rings (SSSR count). The van der Waals surface area contributed by atoms with E-state index < -0.39 is 5.97 Å². The number of nitrogens with one attached hydrogen (secondary N) is 2. The van der Waals surface area contributed by atoms with E-state index >= 15 is 0 Å². The molecule has 8 heteroatoms. The summed E-state index contributed by atoms with van der Waals surface area (Å²) < 4.78 is 5.75. The number of nitrogens with zero attached hydrogens (tertiary/aromatic N) is 3. The molecule has 2 heterocycles. The molecule has 0 atom stereocenters. The van der Waals surface area contributed by atoms with Gasteiger partial charge in [-0.2, -0.15) is 4.98 Å². The summed E-state index contributed by atoms with van der Waals surface area (Å²) in [7, 11) is 0. The highest BCUT2D eigenvalue weighted by atomic mass is 16.5. The average molecular weight is 377 g/mol. The van der Waals surface area contributed by atoms with Gasteiger partial charge in [0.1, 0.15) is 0 Å². The Morgan fingerprint density at radius 3 is 2.57 bits per heavy atom. The van der Waals surface area contributed by atoms with Crippen LogP contribution >= 0.6 is 0 Å². The monoisotopic (exact) mass is 377 g/mol. The smallest absolute Gasteiger partial charge is 0.310 e. The predicted molar refractivity (Wildman–Crippen MR) is 96.8 cm³/mol.